The second kappa shape index (κ2) is 8.90. The lowest BCUT2D eigenvalue weighted by Crippen LogP contribution is -2.63. The van der Waals surface area contributed by atoms with Gasteiger partial charge in [-0.3, -0.25) is 4.79 Å². The molecule has 1 amide bonds. The number of esters is 1. The summed E-state index contributed by atoms with van der Waals surface area (Å²) in [5, 5.41) is 6.21. The van der Waals surface area contributed by atoms with Crippen molar-refractivity contribution in [3.8, 4) is 0 Å². The van der Waals surface area contributed by atoms with Crippen molar-refractivity contribution < 1.29 is 14.3 Å². The fourth-order valence-corrected chi connectivity index (χ4v) is 3.49. The van der Waals surface area contributed by atoms with Crippen LogP contribution >= 0.6 is 24.0 Å². The summed E-state index contributed by atoms with van der Waals surface area (Å²) in [7, 11) is 1.28. The molecule has 1 aromatic carbocycles. The van der Waals surface area contributed by atoms with Gasteiger partial charge in [-0.2, -0.15) is 0 Å². The molecule has 1 aliphatic heterocycles. The van der Waals surface area contributed by atoms with E-state index in [2.05, 4.69) is 35.5 Å². The maximum atomic E-state index is 13.3. The first-order valence-electron chi connectivity index (χ1n) is 8.74. The summed E-state index contributed by atoms with van der Waals surface area (Å²) in [6.45, 7) is 5.26. The third-order valence-electron chi connectivity index (χ3n) is 4.91. The largest absolute Gasteiger partial charge is 0.465 e. The highest BCUT2D eigenvalue weighted by molar-refractivity contribution is 6.30. The van der Waals surface area contributed by atoms with Gasteiger partial charge in [0.15, 0.2) is 0 Å². The molecule has 0 saturated carbocycles. The predicted molar refractivity (Wildman–Crippen MR) is 112 cm³/mol. The van der Waals surface area contributed by atoms with Gasteiger partial charge in [0, 0.05) is 13.1 Å². The third kappa shape index (κ3) is 3.99. The number of rotatable bonds is 5. The fourth-order valence-electron chi connectivity index (χ4n) is 3.33. The molecule has 0 unspecified atom stereocenters. The van der Waals surface area contributed by atoms with Crippen LogP contribution in [0.4, 0.5) is 5.69 Å². The molecule has 2 N–H and O–H groups in total. The van der Waals surface area contributed by atoms with E-state index in [0.29, 0.717) is 13.1 Å². The molecule has 1 fully saturated rings. The molecule has 1 saturated heterocycles. The molecule has 2 aromatic rings. The molecule has 0 bridgehead atoms. The van der Waals surface area contributed by atoms with Gasteiger partial charge in [-0.25, -0.2) is 9.78 Å². The van der Waals surface area contributed by atoms with Crippen molar-refractivity contribution in [1.29, 1.82) is 0 Å². The number of methoxy groups -OCH3 is 1. The van der Waals surface area contributed by atoms with Crippen molar-refractivity contribution in [2.45, 2.75) is 25.2 Å². The lowest BCUT2D eigenvalue weighted by Gasteiger charge is -2.43. The number of halogens is 2. The number of nitrogens with zero attached hydrogens (tertiary/aromatic N) is 1. The van der Waals surface area contributed by atoms with Gasteiger partial charge in [-0.05, 0) is 23.1 Å². The van der Waals surface area contributed by atoms with Gasteiger partial charge in [-0.1, -0.05) is 49.7 Å². The Kier molecular flexibility index (Phi) is 7.04. The Bertz CT molecular complexity index is 883. The number of aromatic nitrogens is 1. The minimum Gasteiger partial charge on any atom is -0.465 e. The average Bonchev–Trinajstić information content (AvgIpc) is 2.62. The van der Waals surface area contributed by atoms with Crippen LogP contribution in [-0.2, 0) is 14.9 Å². The molecule has 0 spiro atoms. The molecular weight excluding hydrogens is 401 g/mol. The number of ether oxygens (including phenoxy) is 1. The highest BCUT2D eigenvalue weighted by atomic mass is 35.5. The van der Waals surface area contributed by atoms with Gasteiger partial charge in [0.25, 0.3) is 0 Å². The van der Waals surface area contributed by atoms with Gasteiger partial charge in [0.2, 0.25) is 5.91 Å². The molecule has 0 radical (unpaired) electrons. The quantitative estimate of drug-likeness (QED) is 0.567. The number of hydrogen-bond donors (Lipinski definition) is 2. The van der Waals surface area contributed by atoms with Gasteiger partial charge in [0.1, 0.15) is 5.15 Å². The zero-order valence-corrected chi connectivity index (χ0v) is 17.5. The second-order valence-corrected chi connectivity index (χ2v) is 7.31. The molecule has 3 rings (SSSR count). The van der Waals surface area contributed by atoms with Crippen LogP contribution < -0.4 is 10.6 Å². The normalized spacial score (nSPS) is 14.6. The van der Waals surface area contributed by atoms with Crippen LogP contribution in [0.3, 0.4) is 0 Å². The van der Waals surface area contributed by atoms with E-state index in [0.717, 1.165) is 11.1 Å². The molecule has 6 nitrogen and oxygen atoms in total. The van der Waals surface area contributed by atoms with Crippen LogP contribution in [0.2, 0.25) is 5.15 Å². The van der Waals surface area contributed by atoms with Crippen molar-refractivity contribution in [3.63, 3.8) is 0 Å². The maximum absolute atomic E-state index is 13.3. The van der Waals surface area contributed by atoms with Gasteiger partial charge in [-0.15, -0.1) is 12.4 Å². The zero-order chi connectivity index (χ0) is 19.6. The Hall–Kier alpha value is -2.15. The summed E-state index contributed by atoms with van der Waals surface area (Å²) < 4.78 is 4.79. The molecule has 1 aromatic heterocycles. The Balaban J connectivity index is 0.00000280. The Morgan fingerprint density at radius 2 is 1.96 bits per heavy atom. The number of carbonyl (C=O) groups is 2. The summed E-state index contributed by atoms with van der Waals surface area (Å²) >= 11 is 5.89. The average molecular weight is 424 g/mol. The van der Waals surface area contributed by atoms with E-state index >= 15 is 0 Å². The van der Waals surface area contributed by atoms with E-state index in [4.69, 9.17) is 16.3 Å². The standard InChI is InChI=1S/C20H22ClN3O3.ClH/c1-12(2)13-6-4-5-7-15(13)20(10-22-11-20)19(26)24-16-9-23-17(21)8-14(16)18(25)27-3;/h4-9,12,22H,10-11H2,1-3H3,(H,24,26);1H. The number of nitrogens with one attached hydrogen (secondary N) is 2. The Morgan fingerprint density at radius 3 is 2.54 bits per heavy atom. The number of carbonyl (C=O) groups excluding carboxylic acids is 2. The second-order valence-electron chi connectivity index (χ2n) is 6.93. The van der Waals surface area contributed by atoms with E-state index < -0.39 is 11.4 Å². The van der Waals surface area contributed by atoms with E-state index in [1.165, 1.54) is 19.4 Å². The number of benzene rings is 1. The van der Waals surface area contributed by atoms with E-state index in [9.17, 15) is 9.59 Å². The predicted octanol–water partition coefficient (Wildman–Crippen LogP) is 3.55. The van der Waals surface area contributed by atoms with Crippen molar-refractivity contribution in [2.75, 3.05) is 25.5 Å². The highest BCUT2D eigenvalue weighted by Gasteiger charge is 2.47. The number of amides is 1. The Morgan fingerprint density at radius 1 is 1.29 bits per heavy atom. The van der Waals surface area contributed by atoms with Gasteiger partial charge >= 0.3 is 5.97 Å². The van der Waals surface area contributed by atoms with Gasteiger partial charge < -0.3 is 15.4 Å². The molecule has 8 heteroatoms. The number of hydrogen-bond acceptors (Lipinski definition) is 5. The molecule has 28 heavy (non-hydrogen) atoms. The van der Waals surface area contributed by atoms with Crippen LogP contribution in [0.5, 0.6) is 0 Å². The van der Waals surface area contributed by atoms with Crippen LogP contribution in [0.15, 0.2) is 36.5 Å². The van der Waals surface area contributed by atoms with Crippen LogP contribution in [0.25, 0.3) is 0 Å². The smallest absolute Gasteiger partial charge is 0.340 e. The summed E-state index contributed by atoms with van der Waals surface area (Å²) in [5.41, 5.74) is 1.89. The SMILES string of the molecule is COC(=O)c1cc(Cl)ncc1NC(=O)C1(c2ccccc2C(C)C)CNC1.Cl. The van der Waals surface area contributed by atoms with Crippen molar-refractivity contribution in [2.24, 2.45) is 0 Å². The van der Waals surface area contributed by atoms with Crippen LogP contribution in [0.1, 0.15) is 41.3 Å². The summed E-state index contributed by atoms with van der Waals surface area (Å²) in [6, 6.07) is 9.36. The van der Waals surface area contributed by atoms with Crippen molar-refractivity contribution >= 4 is 41.6 Å². The molecule has 150 valence electrons. The molecule has 0 aliphatic carbocycles. The van der Waals surface area contributed by atoms with Crippen LogP contribution in [0, 0.1) is 0 Å². The van der Waals surface area contributed by atoms with E-state index in [-0.39, 0.29) is 40.6 Å². The first-order chi connectivity index (χ1) is 12.9. The first kappa shape index (κ1) is 22.1. The third-order valence-corrected chi connectivity index (χ3v) is 5.12. The monoisotopic (exact) mass is 423 g/mol. The topological polar surface area (TPSA) is 80.3 Å². The summed E-state index contributed by atoms with van der Waals surface area (Å²) in [5.74, 6) is -0.490. The maximum Gasteiger partial charge on any atom is 0.340 e. The number of anilines is 1. The van der Waals surface area contributed by atoms with Crippen LogP contribution in [-0.4, -0.2) is 37.1 Å². The van der Waals surface area contributed by atoms with E-state index in [1.54, 1.807) is 0 Å². The Labute approximate surface area is 175 Å². The van der Waals surface area contributed by atoms with E-state index in [1.807, 2.05) is 18.2 Å². The minimum absolute atomic E-state index is 0. The first-order valence-corrected chi connectivity index (χ1v) is 9.12. The fraction of sp³-hybridized carbons (Fsp3) is 0.350. The molecule has 0 atom stereocenters. The molecule has 1 aliphatic rings. The minimum atomic E-state index is -0.701. The highest BCUT2D eigenvalue weighted by Crippen LogP contribution is 2.36. The number of pyridine rings is 1. The molecule has 2 heterocycles. The summed E-state index contributed by atoms with van der Waals surface area (Å²) in [4.78, 5) is 29.3. The summed E-state index contributed by atoms with van der Waals surface area (Å²) in [6.07, 6.45) is 1.38. The van der Waals surface area contributed by atoms with Gasteiger partial charge in [0.05, 0.1) is 30.0 Å². The zero-order valence-electron chi connectivity index (χ0n) is 15.9. The lowest BCUT2D eigenvalue weighted by molar-refractivity contribution is -0.123. The van der Waals surface area contributed by atoms with Crippen molar-refractivity contribution in [1.82, 2.24) is 10.3 Å². The molecular formula is C20H23Cl2N3O3. The van der Waals surface area contributed by atoms with Crippen molar-refractivity contribution in [3.05, 3.63) is 58.4 Å². The lowest BCUT2D eigenvalue weighted by atomic mass is 9.71.